The first-order valence-corrected chi connectivity index (χ1v) is 53.1. The highest BCUT2D eigenvalue weighted by Crippen LogP contribution is 2.60. The first-order chi connectivity index (χ1) is 74.5. The van der Waals surface area contributed by atoms with Crippen molar-refractivity contribution in [2.75, 3.05) is 0 Å². The van der Waals surface area contributed by atoms with Gasteiger partial charge in [0.05, 0.1) is 44.5 Å². The lowest BCUT2D eigenvalue weighted by Crippen LogP contribution is -2.06. The van der Waals surface area contributed by atoms with Crippen LogP contribution < -0.4 is 0 Å². The number of hydrogen-bond acceptors (Lipinski definition) is 11. The van der Waals surface area contributed by atoms with E-state index in [0.717, 1.165) is 72.6 Å². The fourth-order valence-electron chi connectivity index (χ4n) is 24.5. The number of nitrogens with zero attached hydrogens (tertiary/aromatic N) is 11. The normalized spacial score (nSPS) is 12.1. The molecule has 0 aliphatic heterocycles. The Balaban J connectivity index is 0.0000000995. The van der Waals surface area contributed by atoms with E-state index in [-0.39, 0.29) is 0 Å². The van der Waals surface area contributed by atoms with E-state index < -0.39 is 0 Å². The fraction of sp³-hybridized carbons (Fsp3) is 0. The predicted molar refractivity (Wildman–Crippen MR) is 627 cm³/mol. The van der Waals surface area contributed by atoms with Gasteiger partial charge >= 0.3 is 0 Å². The Morgan fingerprint density at radius 2 is 0.393 bits per heavy atom. The van der Waals surface area contributed by atoms with Crippen molar-refractivity contribution < 1.29 is 0 Å². The monoisotopic (exact) mass is 1960 g/mol. The second-order valence-electron chi connectivity index (χ2n) is 38.8. The molecule has 3 aliphatic rings. The standard InChI is InChI=1S/C49H28N4S.C44H25N3S.C43H24N4S/c1-3-14-29(15-4-1)47-50-48(30-16-5-2-6-17-30)52-49(51-47)31-18-11-19-32(28-31)53-39-26-13-24-36-34-21-8-7-20-33(34)35-23-12-25-38-41(35)44(42(36)39)45(53)43-37-22-9-10-27-40(37)54-46(38)43;1-3-13-26(14-4-1)34-25-35(27-15-5-2-6-16-27)46-44(45-34)47-36-23-12-21-31-29-18-8-7-17-28(29)30-20-11-22-33-38(30)41(39(31)36)42(47)40-32-19-9-10-24-37(32)48-43(33)40;1-3-13-25(14-4-1)41-44-42(26-15-5-2-6-16-26)46-43(45-41)47-33-23-12-21-30-28-18-8-7-17-27(28)29-20-11-22-32-35(29)38(36(30)33)39(47)37-31-19-9-10-24-34(31)48-40(32)37/h1-28H;1-25H;1-24H. The molecule has 0 saturated heterocycles. The highest BCUT2D eigenvalue weighted by Gasteiger charge is 2.35. The molecule has 22 aromatic carbocycles. The van der Waals surface area contributed by atoms with Gasteiger partial charge in [0.1, 0.15) is 0 Å². The Labute approximate surface area is 869 Å². The molecule has 0 bridgehead atoms. The summed E-state index contributed by atoms with van der Waals surface area (Å²) in [5.74, 6) is 4.53. The SMILES string of the molecule is c1ccc(-c2cc(-c3ccccc3)nc(-n3c4cccc5c4c4c6c(cccc6c6sc7ccccc7c6c43)-c3ccccc3-5)n2)cc1.c1ccc(-c2nc(-c3ccccc3)nc(-c3cccc(-n4c5cccc6c5c5c7c(cccc7c7sc8ccccc8c7c54)-c4ccccc4-6)c3)n2)cc1.c1ccc(-c2nc(-c3ccccc3)nc(-n3c4cccc5c4c4c6c(cccc6c6sc7ccccc7c6c43)-c3ccccc3-5)n2)cc1. The van der Waals surface area contributed by atoms with Gasteiger partial charge in [0.25, 0.3) is 0 Å². The molecule has 0 radical (unpaired) electrons. The van der Waals surface area contributed by atoms with Crippen molar-refractivity contribution in [2.24, 2.45) is 0 Å². The summed E-state index contributed by atoms with van der Waals surface area (Å²) in [6.07, 6.45) is 0. The lowest BCUT2D eigenvalue weighted by molar-refractivity contribution is 0.955. The summed E-state index contributed by atoms with van der Waals surface area (Å²) in [4.78, 5) is 41.5. The number of rotatable bonds is 10. The predicted octanol–water partition coefficient (Wildman–Crippen LogP) is 36.7. The molecule has 31 aromatic rings. The minimum Gasteiger partial charge on any atom is -0.308 e. The van der Waals surface area contributed by atoms with E-state index in [0.29, 0.717) is 41.0 Å². The van der Waals surface area contributed by atoms with E-state index >= 15 is 0 Å². The van der Waals surface area contributed by atoms with E-state index in [1.807, 2.05) is 107 Å². The van der Waals surface area contributed by atoms with E-state index in [1.165, 1.54) is 208 Å². The lowest BCUT2D eigenvalue weighted by Gasteiger charge is -2.15. The minimum atomic E-state index is 0.613. The van der Waals surface area contributed by atoms with Gasteiger partial charge in [-0.2, -0.15) is 9.97 Å². The van der Waals surface area contributed by atoms with E-state index in [9.17, 15) is 0 Å². The van der Waals surface area contributed by atoms with Gasteiger partial charge < -0.3 is 4.57 Å². The molecule has 0 unspecified atom stereocenters. The van der Waals surface area contributed by atoms with E-state index in [4.69, 9.17) is 39.9 Å². The third kappa shape index (κ3) is 12.6. The highest BCUT2D eigenvalue weighted by molar-refractivity contribution is 7.28. The van der Waals surface area contributed by atoms with Crippen molar-refractivity contribution in [3.63, 3.8) is 0 Å². The molecule has 14 heteroatoms. The van der Waals surface area contributed by atoms with Crippen LogP contribution in [0.3, 0.4) is 0 Å². The number of fused-ring (bicyclic) bond motifs is 24. The molecule has 11 nitrogen and oxygen atoms in total. The van der Waals surface area contributed by atoms with Gasteiger partial charge in [-0.15, -0.1) is 34.0 Å². The zero-order chi connectivity index (χ0) is 98.0. The van der Waals surface area contributed by atoms with Gasteiger partial charge in [-0.1, -0.05) is 413 Å². The summed E-state index contributed by atoms with van der Waals surface area (Å²) < 4.78 is 14.9. The van der Waals surface area contributed by atoms with Crippen LogP contribution in [0.5, 0.6) is 0 Å². The van der Waals surface area contributed by atoms with Gasteiger partial charge in [0, 0.05) is 170 Å². The molecule has 0 atom stereocenters. The van der Waals surface area contributed by atoms with Crippen molar-refractivity contribution in [2.45, 2.75) is 0 Å². The molecule has 0 N–H and O–H groups in total. The average Bonchev–Trinajstić information content (AvgIpc) is 1.52. The van der Waals surface area contributed by atoms with Gasteiger partial charge in [-0.3, -0.25) is 9.13 Å². The van der Waals surface area contributed by atoms with Crippen LogP contribution in [-0.2, 0) is 0 Å². The molecule has 694 valence electrons. The second kappa shape index (κ2) is 33.2. The Bertz CT molecular complexity index is 10600. The van der Waals surface area contributed by atoms with Gasteiger partial charge in [0.15, 0.2) is 29.1 Å². The van der Waals surface area contributed by atoms with Crippen LogP contribution in [0.25, 0.3) is 322 Å². The Morgan fingerprint density at radius 1 is 0.153 bits per heavy atom. The minimum absolute atomic E-state index is 0.613. The van der Waals surface area contributed by atoms with Crippen LogP contribution >= 0.6 is 34.0 Å². The summed E-state index contributed by atoms with van der Waals surface area (Å²) in [7, 11) is 0. The average molecular weight is 1960 g/mol. The summed E-state index contributed by atoms with van der Waals surface area (Å²) >= 11 is 5.65. The molecule has 0 spiro atoms. The van der Waals surface area contributed by atoms with Crippen molar-refractivity contribution in [1.82, 2.24) is 53.6 Å². The van der Waals surface area contributed by atoms with Crippen molar-refractivity contribution >= 4 is 192 Å². The van der Waals surface area contributed by atoms with Crippen LogP contribution in [0.1, 0.15) is 0 Å². The van der Waals surface area contributed by atoms with Crippen LogP contribution in [0.4, 0.5) is 0 Å². The first kappa shape index (κ1) is 84.2. The van der Waals surface area contributed by atoms with E-state index in [1.54, 1.807) is 0 Å². The first-order valence-electron chi connectivity index (χ1n) is 50.6. The zero-order valence-electron chi connectivity index (χ0n) is 80.1. The molecule has 0 fully saturated rings. The largest absolute Gasteiger partial charge is 0.308 e. The van der Waals surface area contributed by atoms with Gasteiger partial charge in [-0.05, 0) is 121 Å². The zero-order valence-corrected chi connectivity index (χ0v) is 82.5. The number of aromatic nitrogens is 11. The Kier molecular flexibility index (Phi) is 18.6. The van der Waals surface area contributed by atoms with Crippen molar-refractivity contribution in [1.29, 1.82) is 0 Å². The molecule has 3 aliphatic carbocycles. The fourth-order valence-corrected chi connectivity index (χ4v) is 28.2. The van der Waals surface area contributed by atoms with Crippen LogP contribution in [0.2, 0.25) is 0 Å². The molecule has 0 saturated carbocycles. The topological polar surface area (TPSA) is 118 Å². The quantitative estimate of drug-likeness (QED) is 0.133. The lowest BCUT2D eigenvalue weighted by atomic mass is 9.93. The van der Waals surface area contributed by atoms with Crippen molar-refractivity contribution in [3.8, 4) is 164 Å². The Morgan fingerprint density at radius 3 is 0.733 bits per heavy atom. The molecule has 0 amide bonds. The van der Waals surface area contributed by atoms with Gasteiger partial charge in [-0.25, -0.2) is 29.9 Å². The van der Waals surface area contributed by atoms with Crippen LogP contribution in [-0.4, -0.2) is 53.6 Å². The summed E-state index contributed by atoms with van der Waals surface area (Å²) in [6.45, 7) is 0. The van der Waals surface area contributed by atoms with Gasteiger partial charge in [0.2, 0.25) is 11.9 Å². The maximum absolute atomic E-state index is 5.39. The molecule has 150 heavy (non-hydrogen) atoms. The Hall–Kier alpha value is -19.2. The molecule has 9 heterocycles. The molecular weight excluding hydrogens is 1880 g/mol. The molecule has 34 rings (SSSR count). The number of thiophene rings is 3. The summed E-state index contributed by atoms with van der Waals surface area (Å²) in [5, 5.41) is 23.0. The third-order valence-corrected chi connectivity index (χ3v) is 34.3. The molecular formula is C136H77N11S3. The van der Waals surface area contributed by atoms with Crippen molar-refractivity contribution in [3.05, 3.63) is 467 Å². The number of benzene rings is 22. The second-order valence-corrected chi connectivity index (χ2v) is 41.9. The highest BCUT2D eigenvalue weighted by atomic mass is 32.1. The van der Waals surface area contributed by atoms with Crippen LogP contribution in [0, 0.1) is 0 Å². The third-order valence-electron chi connectivity index (χ3n) is 30.7. The maximum Gasteiger partial charge on any atom is 0.238 e. The number of hydrogen-bond donors (Lipinski definition) is 0. The van der Waals surface area contributed by atoms with Crippen LogP contribution in [0.15, 0.2) is 467 Å². The van der Waals surface area contributed by atoms with E-state index in [2.05, 4.69) is 408 Å². The molecule has 9 aromatic heterocycles. The summed E-state index contributed by atoms with van der Waals surface area (Å²) in [6, 6.07) is 166. The smallest absolute Gasteiger partial charge is 0.238 e. The summed E-state index contributed by atoms with van der Waals surface area (Å²) in [5.41, 5.74) is 31.8. The maximum atomic E-state index is 5.39.